The molecular formula is C19H15Br2NO2S. The lowest BCUT2D eigenvalue weighted by Gasteiger charge is -2.11. The summed E-state index contributed by atoms with van der Waals surface area (Å²) >= 11 is 7.08. The fourth-order valence-corrected chi connectivity index (χ4v) is 4.31. The van der Waals surface area contributed by atoms with Crippen LogP contribution in [-0.4, -0.2) is 8.42 Å². The van der Waals surface area contributed by atoms with Gasteiger partial charge in [-0.1, -0.05) is 30.4 Å². The van der Waals surface area contributed by atoms with Gasteiger partial charge in [0.15, 0.2) is 0 Å². The second-order valence-electron chi connectivity index (χ2n) is 6.55. The number of hydrogen-bond donors (Lipinski definition) is 1. The van der Waals surface area contributed by atoms with Crippen LogP contribution in [0.1, 0.15) is 24.0 Å². The maximum Gasteiger partial charge on any atom is 0.238 e. The zero-order valence-corrected chi connectivity index (χ0v) is 17.2. The molecule has 0 unspecified atom stereocenters. The van der Waals surface area contributed by atoms with Crippen LogP contribution in [-0.2, 0) is 10.0 Å². The minimum atomic E-state index is -3.68. The monoisotopic (exact) mass is 479 g/mol. The number of allylic oxidation sites excluding steroid dienone is 4. The van der Waals surface area contributed by atoms with Gasteiger partial charge in [-0.05, 0) is 91.2 Å². The van der Waals surface area contributed by atoms with Crippen LogP contribution < -0.4 is 5.14 Å². The van der Waals surface area contributed by atoms with E-state index in [1.54, 1.807) is 12.1 Å². The van der Waals surface area contributed by atoms with Crippen LogP contribution in [0.5, 0.6) is 0 Å². The number of nitrogens with two attached hydrogens (primary N) is 1. The summed E-state index contributed by atoms with van der Waals surface area (Å²) in [7, 11) is -3.68. The molecule has 6 heteroatoms. The third-order valence-electron chi connectivity index (χ3n) is 4.71. The van der Waals surface area contributed by atoms with Crippen molar-refractivity contribution in [2.24, 2.45) is 10.6 Å². The van der Waals surface area contributed by atoms with E-state index < -0.39 is 10.0 Å². The van der Waals surface area contributed by atoms with E-state index in [1.165, 1.54) is 5.57 Å². The molecule has 0 radical (unpaired) electrons. The van der Waals surface area contributed by atoms with Gasteiger partial charge in [-0.2, -0.15) is 0 Å². The van der Waals surface area contributed by atoms with Crippen molar-refractivity contribution in [3.63, 3.8) is 0 Å². The highest BCUT2D eigenvalue weighted by Crippen LogP contribution is 2.57. The van der Waals surface area contributed by atoms with Crippen LogP contribution in [0, 0.1) is 5.41 Å². The highest BCUT2D eigenvalue weighted by Gasteiger charge is 2.43. The molecule has 2 aromatic carbocycles. The van der Waals surface area contributed by atoms with Gasteiger partial charge in [0.1, 0.15) is 0 Å². The topological polar surface area (TPSA) is 60.2 Å². The van der Waals surface area contributed by atoms with Crippen LogP contribution >= 0.6 is 31.9 Å². The molecule has 0 aliphatic heterocycles. The quantitative estimate of drug-likeness (QED) is 0.662. The average Bonchev–Trinajstić information content (AvgIpc) is 3.20. The lowest BCUT2D eigenvalue weighted by molar-refractivity contribution is 0.598. The molecule has 128 valence electrons. The van der Waals surface area contributed by atoms with Gasteiger partial charge < -0.3 is 0 Å². The molecule has 0 aromatic heterocycles. The van der Waals surface area contributed by atoms with Gasteiger partial charge >= 0.3 is 0 Å². The molecule has 0 atom stereocenters. The largest absolute Gasteiger partial charge is 0.238 e. The van der Waals surface area contributed by atoms with E-state index in [0.29, 0.717) is 0 Å². The van der Waals surface area contributed by atoms with Crippen LogP contribution in [0.3, 0.4) is 0 Å². The average molecular weight is 481 g/mol. The van der Waals surface area contributed by atoms with Gasteiger partial charge in [0, 0.05) is 14.4 Å². The first-order chi connectivity index (χ1) is 11.8. The zero-order chi connectivity index (χ0) is 17.8. The summed E-state index contributed by atoms with van der Waals surface area (Å²) in [6.07, 6.45) is 6.97. The fourth-order valence-electron chi connectivity index (χ4n) is 3.17. The second-order valence-corrected chi connectivity index (χ2v) is 9.82. The predicted octanol–water partition coefficient (Wildman–Crippen LogP) is 5.12. The number of benzene rings is 2. The molecule has 0 saturated heterocycles. The predicted molar refractivity (Wildman–Crippen MR) is 107 cm³/mol. The molecule has 0 heterocycles. The summed E-state index contributed by atoms with van der Waals surface area (Å²) in [6.45, 7) is 0. The third kappa shape index (κ3) is 3.28. The Balaban J connectivity index is 1.78. The molecule has 1 saturated carbocycles. The van der Waals surface area contributed by atoms with E-state index in [4.69, 9.17) is 5.14 Å². The maximum atomic E-state index is 11.5. The summed E-state index contributed by atoms with van der Waals surface area (Å²) in [5.41, 5.74) is 4.65. The Morgan fingerprint density at radius 3 is 1.92 bits per heavy atom. The third-order valence-corrected chi connectivity index (χ3v) is 7.51. The normalized spacial score (nSPS) is 18.2. The van der Waals surface area contributed by atoms with Crippen LogP contribution in [0.4, 0.5) is 0 Å². The van der Waals surface area contributed by atoms with E-state index in [2.05, 4.69) is 56.1 Å². The number of hydrogen-bond acceptors (Lipinski definition) is 2. The Morgan fingerprint density at radius 1 is 0.840 bits per heavy atom. The van der Waals surface area contributed by atoms with E-state index in [-0.39, 0.29) is 10.3 Å². The molecule has 2 aromatic rings. The van der Waals surface area contributed by atoms with Crippen LogP contribution in [0.2, 0.25) is 0 Å². The number of rotatable bonds is 3. The molecule has 2 aliphatic rings. The molecule has 2 N–H and O–H groups in total. The van der Waals surface area contributed by atoms with Crippen LogP contribution in [0.15, 0.2) is 68.5 Å². The molecule has 2 aliphatic carbocycles. The standard InChI is InChI=1S/C19H15Br2NO2S/c20-17-6-3-13(9-18(17)21)16-11-19(7-8-19)10-15(16)12-1-4-14(5-2-12)25(22,23)24/h1-6,9-11H,7-8H2,(H2,22,23,24). The fraction of sp³-hybridized carbons (Fsp3) is 0.158. The first-order valence-electron chi connectivity index (χ1n) is 7.82. The van der Waals surface area contributed by atoms with Crippen LogP contribution in [0.25, 0.3) is 11.1 Å². The van der Waals surface area contributed by atoms with E-state index in [0.717, 1.165) is 38.5 Å². The molecule has 0 amide bonds. The van der Waals surface area contributed by atoms with Gasteiger partial charge in [-0.15, -0.1) is 0 Å². The summed E-state index contributed by atoms with van der Waals surface area (Å²) in [4.78, 5) is 0.132. The lowest BCUT2D eigenvalue weighted by atomic mass is 9.95. The van der Waals surface area contributed by atoms with Crippen molar-refractivity contribution in [1.82, 2.24) is 0 Å². The Bertz CT molecular complexity index is 1030. The van der Waals surface area contributed by atoms with Gasteiger partial charge in [-0.3, -0.25) is 0 Å². The molecule has 1 spiro atoms. The molecule has 3 nitrogen and oxygen atoms in total. The molecule has 1 fully saturated rings. The van der Waals surface area contributed by atoms with Crippen molar-refractivity contribution in [3.8, 4) is 0 Å². The van der Waals surface area contributed by atoms with Crippen molar-refractivity contribution in [1.29, 1.82) is 0 Å². The van der Waals surface area contributed by atoms with E-state index in [9.17, 15) is 8.42 Å². The number of halogens is 2. The summed E-state index contributed by atoms with van der Waals surface area (Å²) < 4.78 is 25.0. The molecule has 4 rings (SSSR count). The minimum Gasteiger partial charge on any atom is -0.225 e. The van der Waals surface area contributed by atoms with Crippen molar-refractivity contribution in [2.45, 2.75) is 17.7 Å². The first kappa shape index (κ1) is 17.2. The molecular weight excluding hydrogens is 466 g/mol. The Hall–Kier alpha value is -1.21. The van der Waals surface area contributed by atoms with Crippen molar-refractivity contribution in [2.75, 3.05) is 0 Å². The van der Waals surface area contributed by atoms with Gasteiger partial charge in [-0.25, -0.2) is 13.6 Å². The van der Waals surface area contributed by atoms with Crippen molar-refractivity contribution >= 4 is 53.0 Å². The number of primary sulfonamides is 1. The SMILES string of the molecule is NS(=O)(=O)c1ccc(C2=CC3(C=C2c2ccc(Br)c(Br)c2)CC3)cc1. The second kappa shape index (κ2) is 5.91. The highest BCUT2D eigenvalue weighted by molar-refractivity contribution is 9.13. The van der Waals surface area contributed by atoms with Gasteiger partial charge in [0.05, 0.1) is 4.90 Å². The summed E-state index contributed by atoms with van der Waals surface area (Å²) in [6, 6.07) is 13.0. The Kier molecular flexibility index (Phi) is 4.07. The maximum absolute atomic E-state index is 11.5. The minimum absolute atomic E-state index is 0.132. The first-order valence-corrected chi connectivity index (χ1v) is 11.0. The number of sulfonamides is 1. The lowest BCUT2D eigenvalue weighted by Crippen LogP contribution is -2.11. The Labute approximate surface area is 163 Å². The van der Waals surface area contributed by atoms with E-state index >= 15 is 0 Å². The van der Waals surface area contributed by atoms with E-state index in [1.807, 2.05) is 18.2 Å². The molecule has 25 heavy (non-hydrogen) atoms. The molecule has 0 bridgehead atoms. The van der Waals surface area contributed by atoms with Gasteiger partial charge in [0.2, 0.25) is 10.0 Å². The Morgan fingerprint density at radius 2 is 1.40 bits per heavy atom. The smallest absolute Gasteiger partial charge is 0.225 e. The summed E-state index contributed by atoms with van der Waals surface area (Å²) in [5.74, 6) is 0. The highest BCUT2D eigenvalue weighted by atomic mass is 79.9. The zero-order valence-electron chi connectivity index (χ0n) is 13.2. The van der Waals surface area contributed by atoms with Crippen molar-refractivity contribution < 1.29 is 8.42 Å². The van der Waals surface area contributed by atoms with Gasteiger partial charge in [0.25, 0.3) is 0 Å². The van der Waals surface area contributed by atoms with Crippen molar-refractivity contribution in [3.05, 3.63) is 74.7 Å². The summed E-state index contributed by atoms with van der Waals surface area (Å²) in [5, 5.41) is 5.20.